The van der Waals surface area contributed by atoms with Gasteiger partial charge in [0.15, 0.2) is 0 Å². The summed E-state index contributed by atoms with van der Waals surface area (Å²) in [7, 11) is 0.311. The standard InChI is InChI=1S/C15H16ClNO3S/c1-19-11-5-7-12(8-6-11)20-9-10-21(18)15-13(16)3-2-4-14(15)17/h2-8H,9-10,17H2,1H3. The van der Waals surface area contributed by atoms with Crippen molar-refractivity contribution in [1.29, 1.82) is 0 Å². The van der Waals surface area contributed by atoms with Crippen molar-refractivity contribution in [3.05, 3.63) is 47.5 Å². The molecule has 21 heavy (non-hydrogen) atoms. The van der Waals surface area contributed by atoms with Crippen molar-refractivity contribution in [1.82, 2.24) is 0 Å². The van der Waals surface area contributed by atoms with Crippen LogP contribution in [0.4, 0.5) is 5.69 Å². The van der Waals surface area contributed by atoms with Crippen LogP contribution in [0.5, 0.6) is 11.5 Å². The summed E-state index contributed by atoms with van der Waals surface area (Å²) < 4.78 is 22.8. The van der Waals surface area contributed by atoms with Crippen LogP contribution in [0.25, 0.3) is 0 Å². The third-order valence-electron chi connectivity index (χ3n) is 2.82. The molecule has 2 aromatic rings. The van der Waals surface area contributed by atoms with E-state index in [1.807, 2.05) is 0 Å². The lowest BCUT2D eigenvalue weighted by atomic mass is 10.3. The molecule has 0 heterocycles. The zero-order valence-corrected chi connectivity index (χ0v) is 13.1. The summed E-state index contributed by atoms with van der Waals surface area (Å²) in [6, 6.07) is 12.3. The number of hydrogen-bond acceptors (Lipinski definition) is 4. The van der Waals surface area contributed by atoms with Crippen LogP contribution < -0.4 is 15.2 Å². The largest absolute Gasteiger partial charge is 0.497 e. The van der Waals surface area contributed by atoms with Gasteiger partial charge < -0.3 is 15.2 Å². The summed E-state index contributed by atoms with van der Waals surface area (Å²) in [5, 5.41) is 0.415. The summed E-state index contributed by atoms with van der Waals surface area (Å²) in [5.74, 6) is 1.77. The van der Waals surface area contributed by atoms with Crippen LogP contribution in [0, 0.1) is 0 Å². The number of methoxy groups -OCH3 is 1. The second-order valence-corrected chi connectivity index (χ2v) is 6.15. The Morgan fingerprint density at radius 2 is 1.81 bits per heavy atom. The summed E-state index contributed by atoms with van der Waals surface area (Å²) in [6.45, 7) is 0.309. The normalized spacial score (nSPS) is 11.9. The minimum absolute atomic E-state index is 0.309. The van der Waals surface area contributed by atoms with Crippen LogP contribution >= 0.6 is 11.6 Å². The van der Waals surface area contributed by atoms with E-state index in [1.165, 1.54) is 0 Å². The molecular weight excluding hydrogens is 310 g/mol. The van der Waals surface area contributed by atoms with Gasteiger partial charge in [0.1, 0.15) is 18.1 Å². The maximum Gasteiger partial charge on any atom is 0.119 e. The Kier molecular flexibility index (Phi) is 5.47. The molecule has 1 unspecified atom stereocenters. The van der Waals surface area contributed by atoms with Gasteiger partial charge in [-0.15, -0.1) is 0 Å². The molecule has 0 bridgehead atoms. The number of hydrogen-bond donors (Lipinski definition) is 1. The Morgan fingerprint density at radius 3 is 2.43 bits per heavy atom. The predicted octanol–water partition coefficient (Wildman–Crippen LogP) is 3.12. The van der Waals surface area contributed by atoms with Crippen molar-refractivity contribution < 1.29 is 13.7 Å². The SMILES string of the molecule is COc1ccc(OCCS(=O)c2c(N)cccc2Cl)cc1. The zero-order valence-electron chi connectivity index (χ0n) is 11.5. The lowest BCUT2D eigenvalue weighted by Gasteiger charge is -2.09. The van der Waals surface area contributed by atoms with Gasteiger partial charge in [0, 0.05) is 5.69 Å². The first-order valence-electron chi connectivity index (χ1n) is 6.31. The zero-order chi connectivity index (χ0) is 15.2. The van der Waals surface area contributed by atoms with Gasteiger partial charge in [-0.3, -0.25) is 4.21 Å². The highest BCUT2D eigenvalue weighted by atomic mass is 35.5. The Bertz CT molecular complexity index is 611. The van der Waals surface area contributed by atoms with Crippen LogP contribution in [0.1, 0.15) is 0 Å². The molecule has 0 saturated heterocycles. The maximum absolute atomic E-state index is 12.2. The summed E-state index contributed by atoms with van der Waals surface area (Å²) in [6.07, 6.45) is 0. The molecule has 4 nitrogen and oxygen atoms in total. The lowest BCUT2D eigenvalue weighted by molar-refractivity contribution is 0.341. The molecule has 0 aliphatic carbocycles. The molecule has 0 aliphatic heterocycles. The van der Waals surface area contributed by atoms with Crippen LogP contribution in [0.15, 0.2) is 47.4 Å². The van der Waals surface area contributed by atoms with E-state index in [0.717, 1.165) is 5.75 Å². The molecule has 0 amide bonds. The summed E-state index contributed by atoms with van der Waals surface area (Å²) >= 11 is 6.03. The average molecular weight is 326 g/mol. The van der Waals surface area contributed by atoms with E-state index in [1.54, 1.807) is 49.6 Å². The van der Waals surface area contributed by atoms with E-state index < -0.39 is 10.8 Å². The fraction of sp³-hybridized carbons (Fsp3) is 0.200. The van der Waals surface area contributed by atoms with Gasteiger partial charge in [-0.2, -0.15) is 0 Å². The number of rotatable bonds is 6. The van der Waals surface area contributed by atoms with Crippen molar-refractivity contribution in [3.8, 4) is 11.5 Å². The van der Waals surface area contributed by atoms with Crippen molar-refractivity contribution >= 4 is 28.1 Å². The van der Waals surface area contributed by atoms with Gasteiger partial charge in [-0.1, -0.05) is 17.7 Å². The molecule has 0 aliphatic rings. The Hall–Kier alpha value is -1.72. The smallest absolute Gasteiger partial charge is 0.119 e. The van der Waals surface area contributed by atoms with Gasteiger partial charge in [0.2, 0.25) is 0 Å². The first-order chi connectivity index (χ1) is 10.1. The van der Waals surface area contributed by atoms with E-state index in [9.17, 15) is 4.21 Å². The van der Waals surface area contributed by atoms with Gasteiger partial charge in [0.05, 0.1) is 33.6 Å². The third-order valence-corrected chi connectivity index (χ3v) is 4.70. The van der Waals surface area contributed by atoms with E-state index in [4.69, 9.17) is 26.8 Å². The number of halogens is 1. The Balaban J connectivity index is 1.92. The monoisotopic (exact) mass is 325 g/mol. The van der Waals surface area contributed by atoms with E-state index >= 15 is 0 Å². The van der Waals surface area contributed by atoms with Crippen LogP contribution in [-0.4, -0.2) is 23.7 Å². The number of nitrogens with two attached hydrogens (primary N) is 1. The van der Waals surface area contributed by atoms with Gasteiger partial charge in [-0.05, 0) is 36.4 Å². The highest BCUT2D eigenvalue weighted by Gasteiger charge is 2.12. The minimum Gasteiger partial charge on any atom is -0.497 e. The quantitative estimate of drug-likeness (QED) is 0.829. The second-order valence-electron chi connectivity index (χ2n) is 4.23. The van der Waals surface area contributed by atoms with Crippen LogP contribution in [0.3, 0.4) is 0 Å². The van der Waals surface area contributed by atoms with Crippen molar-refractivity contribution in [2.75, 3.05) is 25.2 Å². The molecule has 6 heteroatoms. The second kappa shape index (κ2) is 7.33. The maximum atomic E-state index is 12.2. The first kappa shape index (κ1) is 15.7. The van der Waals surface area contributed by atoms with E-state index in [2.05, 4.69) is 0 Å². The van der Waals surface area contributed by atoms with E-state index in [0.29, 0.717) is 33.7 Å². The first-order valence-corrected chi connectivity index (χ1v) is 8.00. The molecule has 2 aromatic carbocycles. The fourth-order valence-electron chi connectivity index (χ4n) is 1.77. The van der Waals surface area contributed by atoms with Crippen molar-refractivity contribution in [3.63, 3.8) is 0 Å². The molecule has 2 N–H and O–H groups in total. The average Bonchev–Trinajstić information content (AvgIpc) is 2.48. The van der Waals surface area contributed by atoms with E-state index in [-0.39, 0.29) is 0 Å². The molecule has 2 rings (SSSR count). The van der Waals surface area contributed by atoms with Gasteiger partial charge in [-0.25, -0.2) is 0 Å². The van der Waals surface area contributed by atoms with Crippen molar-refractivity contribution in [2.45, 2.75) is 4.90 Å². The highest BCUT2D eigenvalue weighted by molar-refractivity contribution is 7.85. The number of anilines is 1. The molecule has 0 aromatic heterocycles. The minimum atomic E-state index is -1.29. The molecular formula is C15H16ClNO3S. The number of ether oxygens (including phenoxy) is 2. The molecule has 1 atom stereocenters. The van der Waals surface area contributed by atoms with Crippen LogP contribution in [0.2, 0.25) is 5.02 Å². The molecule has 0 radical (unpaired) electrons. The molecule has 0 spiro atoms. The van der Waals surface area contributed by atoms with Crippen molar-refractivity contribution in [2.24, 2.45) is 0 Å². The Labute approximate surface area is 131 Å². The van der Waals surface area contributed by atoms with Gasteiger partial charge >= 0.3 is 0 Å². The topological polar surface area (TPSA) is 61.5 Å². The van der Waals surface area contributed by atoms with Gasteiger partial charge in [0.25, 0.3) is 0 Å². The van der Waals surface area contributed by atoms with Crippen LogP contribution in [-0.2, 0) is 10.8 Å². The summed E-state index contributed by atoms with van der Waals surface area (Å²) in [5.41, 5.74) is 6.24. The summed E-state index contributed by atoms with van der Waals surface area (Å²) in [4.78, 5) is 0.470. The number of nitrogen functional groups attached to an aromatic ring is 1. The molecule has 0 fully saturated rings. The Morgan fingerprint density at radius 1 is 1.14 bits per heavy atom. The molecule has 0 saturated carbocycles. The predicted molar refractivity (Wildman–Crippen MR) is 85.6 cm³/mol. The number of benzene rings is 2. The fourth-order valence-corrected chi connectivity index (χ4v) is 3.27. The third kappa shape index (κ3) is 4.12. The highest BCUT2D eigenvalue weighted by Crippen LogP contribution is 2.25. The lowest BCUT2D eigenvalue weighted by Crippen LogP contribution is -2.10. The molecule has 112 valence electrons.